The van der Waals surface area contributed by atoms with Crippen molar-refractivity contribution in [1.82, 2.24) is 24.1 Å². The van der Waals surface area contributed by atoms with Gasteiger partial charge in [-0.3, -0.25) is 4.79 Å². The molecule has 326 valence electrons. The Hall–Kier alpha value is -9.52. The summed E-state index contributed by atoms with van der Waals surface area (Å²) < 4.78 is 4.71. The smallest absolute Gasteiger partial charge is 0.194 e. The molecular weight excluding hydrogens is 855 g/mol. The van der Waals surface area contributed by atoms with Gasteiger partial charge in [-0.05, 0) is 89.0 Å². The summed E-state index contributed by atoms with van der Waals surface area (Å²) in [6.45, 7) is 0. The van der Waals surface area contributed by atoms with Crippen LogP contribution in [0.25, 0.3) is 123 Å². The van der Waals surface area contributed by atoms with Crippen molar-refractivity contribution in [3.05, 3.63) is 248 Å². The summed E-state index contributed by atoms with van der Waals surface area (Å²) in [6, 6.07) is 82.3. The van der Waals surface area contributed by atoms with Crippen molar-refractivity contribution in [3.8, 4) is 78.9 Å². The van der Waals surface area contributed by atoms with Crippen molar-refractivity contribution < 1.29 is 4.79 Å². The van der Waals surface area contributed by atoms with E-state index in [1.54, 1.807) is 0 Å². The second kappa shape index (κ2) is 15.8. The molecule has 0 fully saturated rings. The lowest BCUT2D eigenvalue weighted by Gasteiger charge is -2.14. The van der Waals surface area contributed by atoms with Crippen LogP contribution >= 0.6 is 0 Å². The topological polar surface area (TPSA) is 65.6 Å². The quantitative estimate of drug-likeness (QED) is 0.160. The van der Waals surface area contributed by atoms with Crippen LogP contribution in [0.4, 0.5) is 0 Å². The molecule has 3 aromatic heterocycles. The van der Waals surface area contributed by atoms with E-state index in [-0.39, 0.29) is 5.78 Å². The van der Waals surface area contributed by atoms with Gasteiger partial charge in [0.15, 0.2) is 23.3 Å². The van der Waals surface area contributed by atoms with Crippen molar-refractivity contribution in [2.24, 2.45) is 0 Å². The zero-order valence-electron chi connectivity index (χ0n) is 37.7. The van der Waals surface area contributed by atoms with E-state index in [0.29, 0.717) is 28.6 Å². The van der Waals surface area contributed by atoms with E-state index in [1.165, 1.54) is 21.8 Å². The van der Waals surface area contributed by atoms with E-state index in [0.717, 1.165) is 83.3 Å². The van der Waals surface area contributed by atoms with Gasteiger partial charge in [-0.25, -0.2) is 15.0 Å². The molecule has 13 aromatic rings. The summed E-state index contributed by atoms with van der Waals surface area (Å²) in [4.78, 5) is 29.7. The zero-order valence-corrected chi connectivity index (χ0v) is 37.7. The minimum absolute atomic E-state index is 0.00965. The van der Waals surface area contributed by atoms with Crippen molar-refractivity contribution in [3.63, 3.8) is 0 Å². The third-order valence-corrected chi connectivity index (χ3v) is 13.9. The standard InChI is InChI=1S/C64H39N5O/c70-61-49-27-15-26-47(59(49)60-50(61)28-16-29-51(60)64-66-62(40-17-5-1-6-18-40)65-63(67-64)41-19-7-2-8-20-41)44-33-36-58-54(39-44)53-38-43(32-35-57(53)69(58)46-23-11-4-12-24-46)42-31-34-56-52(37-42)48-25-13-14-30-55(48)68(56)45-21-9-3-10-22-45/h1-39H. The van der Waals surface area contributed by atoms with E-state index in [2.05, 4.69) is 155 Å². The molecule has 14 rings (SSSR count). The lowest BCUT2D eigenvalue weighted by molar-refractivity contribution is 0.104. The minimum Gasteiger partial charge on any atom is -0.309 e. The van der Waals surface area contributed by atoms with Crippen LogP contribution < -0.4 is 0 Å². The molecule has 10 aromatic carbocycles. The Morgan fingerprint density at radius 1 is 0.271 bits per heavy atom. The first-order chi connectivity index (χ1) is 34.6. The van der Waals surface area contributed by atoms with Gasteiger partial charge in [0.25, 0.3) is 0 Å². The molecule has 3 heterocycles. The van der Waals surface area contributed by atoms with Gasteiger partial charge in [-0.15, -0.1) is 0 Å². The van der Waals surface area contributed by atoms with Gasteiger partial charge in [0.1, 0.15) is 0 Å². The fourth-order valence-electron chi connectivity index (χ4n) is 10.8. The molecule has 6 nitrogen and oxygen atoms in total. The van der Waals surface area contributed by atoms with E-state index >= 15 is 0 Å². The summed E-state index contributed by atoms with van der Waals surface area (Å²) in [6.07, 6.45) is 0. The molecule has 0 saturated carbocycles. The Labute approximate surface area is 403 Å². The predicted molar refractivity (Wildman–Crippen MR) is 285 cm³/mol. The summed E-state index contributed by atoms with van der Waals surface area (Å²) in [5, 5.41) is 4.69. The minimum atomic E-state index is -0.00965. The van der Waals surface area contributed by atoms with Crippen LogP contribution in [0, 0.1) is 0 Å². The number of ketones is 1. The Morgan fingerprint density at radius 3 is 1.20 bits per heavy atom. The van der Waals surface area contributed by atoms with E-state index in [9.17, 15) is 4.79 Å². The highest BCUT2D eigenvalue weighted by Crippen LogP contribution is 2.48. The number of aromatic nitrogens is 5. The monoisotopic (exact) mass is 893 g/mol. The number of carbonyl (C=O) groups is 1. The maximum Gasteiger partial charge on any atom is 0.194 e. The Balaban J connectivity index is 0.957. The fourth-order valence-corrected chi connectivity index (χ4v) is 10.8. The molecule has 70 heavy (non-hydrogen) atoms. The molecule has 0 atom stereocenters. The molecular formula is C64H39N5O. The summed E-state index contributed by atoms with van der Waals surface area (Å²) in [5.41, 5.74) is 16.6. The van der Waals surface area contributed by atoms with Crippen LogP contribution in [0.15, 0.2) is 237 Å². The number of rotatable bonds is 7. The highest BCUT2D eigenvalue weighted by Gasteiger charge is 2.33. The molecule has 0 unspecified atom stereocenters. The molecule has 0 saturated heterocycles. The van der Waals surface area contributed by atoms with Crippen molar-refractivity contribution >= 4 is 49.4 Å². The Kier molecular flexibility index (Phi) is 8.94. The van der Waals surface area contributed by atoms with Gasteiger partial charge in [0.05, 0.1) is 22.1 Å². The molecule has 0 radical (unpaired) electrons. The number of carbonyl (C=O) groups excluding carboxylic acids is 1. The molecule has 1 aliphatic rings. The van der Waals surface area contributed by atoms with Gasteiger partial charge < -0.3 is 9.13 Å². The van der Waals surface area contributed by atoms with Crippen LogP contribution in [0.5, 0.6) is 0 Å². The highest BCUT2D eigenvalue weighted by molar-refractivity contribution is 6.26. The van der Waals surface area contributed by atoms with Gasteiger partial charge in [-0.1, -0.05) is 170 Å². The number of para-hydroxylation sites is 3. The number of nitrogens with zero attached hydrogens (tertiary/aromatic N) is 5. The average Bonchev–Trinajstić information content (AvgIpc) is 4.06. The molecule has 0 spiro atoms. The highest BCUT2D eigenvalue weighted by atomic mass is 16.1. The summed E-state index contributed by atoms with van der Waals surface area (Å²) in [7, 11) is 0. The third-order valence-electron chi connectivity index (χ3n) is 13.9. The normalized spacial score (nSPS) is 12.0. The number of hydrogen-bond acceptors (Lipinski definition) is 4. The second-order valence-electron chi connectivity index (χ2n) is 17.9. The number of fused-ring (bicyclic) bond motifs is 9. The van der Waals surface area contributed by atoms with Gasteiger partial charge in [0, 0.05) is 71.9 Å². The van der Waals surface area contributed by atoms with Crippen LogP contribution in [0.1, 0.15) is 15.9 Å². The largest absolute Gasteiger partial charge is 0.309 e. The first-order valence-electron chi connectivity index (χ1n) is 23.6. The number of benzene rings is 10. The SMILES string of the molecule is O=C1c2cccc(-c3ccc4c(c3)c3cc(-c5ccc6c(c5)c5ccccc5n6-c5ccccc5)ccc3n4-c3ccccc3)c2-c2c1cccc2-c1nc(-c2ccccc2)nc(-c2ccccc2)n1. The lowest BCUT2D eigenvalue weighted by atomic mass is 9.91. The van der Waals surface area contributed by atoms with E-state index < -0.39 is 0 Å². The first kappa shape index (κ1) is 39.6. The van der Waals surface area contributed by atoms with Gasteiger partial charge in [0.2, 0.25) is 0 Å². The van der Waals surface area contributed by atoms with Crippen LogP contribution in [-0.2, 0) is 0 Å². The summed E-state index contributed by atoms with van der Waals surface area (Å²) in [5.74, 6) is 1.64. The van der Waals surface area contributed by atoms with Crippen molar-refractivity contribution in [2.45, 2.75) is 0 Å². The van der Waals surface area contributed by atoms with Gasteiger partial charge >= 0.3 is 0 Å². The Morgan fingerprint density at radius 2 is 0.657 bits per heavy atom. The molecule has 1 aliphatic carbocycles. The molecule has 0 N–H and O–H groups in total. The van der Waals surface area contributed by atoms with Crippen LogP contribution in [-0.4, -0.2) is 29.9 Å². The first-order valence-corrected chi connectivity index (χ1v) is 23.6. The van der Waals surface area contributed by atoms with Crippen LogP contribution in [0.3, 0.4) is 0 Å². The molecule has 0 amide bonds. The maximum atomic E-state index is 14.5. The van der Waals surface area contributed by atoms with E-state index in [4.69, 9.17) is 15.0 Å². The van der Waals surface area contributed by atoms with Gasteiger partial charge in [-0.2, -0.15) is 0 Å². The second-order valence-corrected chi connectivity index (χ2v) is 17.9. The third kappa shape index (κ3) is 6.20. The molecule has 0 bridgehead atoms. The maximum absolute atomic E-state index is 14.5. The van der Waals surface area contributed by atoms with E-state index in [1.807, 2.05) is 91.0 Å². The van der Waals surface area contributed by atoms with Crippen LogP contribution in [0.2, 0.25) is 0 Å². The van der Waals surface area contributed by atoms with Crippen molar-refractivity contribution in [2.75, 3.05) is 0 Å². The zero-order chi connectivity index (χ0) is 46.3. The number of hydrogen-bond donors (Lipinski definition) is 0. The molecule has 6 heteroatoms. The lowest BCUT2D eigenvalue weighted by Crippen LogP contribution is -2.01. The molecule has 0 aliphatic heterocycles. The average molecular weight is 894 g/mol. The fraction of sp³-hybridized carbons (Fsp3) is 0. The predicted octanol–water partition coefficient (Wildman–Crippen LogP) is 15.6. The Bertz CT molecular complexity index is 4180. The van der Waals surface area contributed by atoms with Crippen molar-refractivity contribution in [1.29, 1.82) is 0 Å². The summed E-state index contributed by atoms with van der Waals surface area (Å²) >= 11 is 0.